The van der Waals surface area contributed by atoms with Crippen LogP contribution in [0.5, 0.6) is 17.2 Å². The minimum Gasteiger partial charge on any atom is -0.507 e. The SMILES string of the molecule is COc1cccc2c1OC(c1cccs1)N1N=C(c3cc(Cl)ccc3O)CC21. The van der Waals surface area contributed by atoms with Crippen molar-refractivity contribution in [3.63, 3.8) is 0 Å². The molecule has 0 bridgehead atoms. The molecule has 3 heterocycles. The lowest BCUT2D eigenvalue weighted by molar-refractivity contribution is -0.0184. The Bertz CT molecular complexity index is 1070. The topological polar surface area (TPSA) is 54.3 Å². The third-order valence-electron chi connectivity index (χ3n) is 5.06. The average molecular weight is 413 g/mol. The number of phenolic OH excluding ortho intramolecular Hbond substituents is 1. The first-order valence-corrected chi connectivity index (χ1v) is 10.1. The van der Waals surface area contributed by atoms with E-state index in [0.717, 1.165) is 21.9 Å². The first kappa shape index (κ1) is 17.4. The fourth-order valence-corrected chi connectivity index (χ4v) is 4.68. The zero-order valence-electron chi connectivity index (χ0n) is 15.0. The van der Waals surface area contributed by atoms with E-state index in [-0.39, 0.29) is 18.0 Å². The summed E-state index contributed by atoms with van der Waals surface area (Å²) in [5, 5.41) is 19.8. The Morgan fingerprint density at radius 1 is 1.25 bits per heavy atom. The van der Waals surface area contributed by atoms with Gasteiger partial charge in [0.25, 0.3) is 0 Å². The van der Waals surface area contributed by atoms with E-state index in [4.69, 9.17) is 26.2 Å². The summed E-state index contributed by atoms with van der Waals surface area (Å²) >= 11 is 7.78. The monoisotopic (exact) mass is 412 g/mol. The Balaban J connectivity index is 1.64. The van der Waals surface area contributed by atoms with Gasteiger partial charge in [0.05, 0.1) is 23.7 Å². The predicted molar refractivity (Wildman–Crippen MR) is 110 cm³/mol. The first-order chi connectivity index (χ1) is 13.7. The van der Waals surface area contributed by atoms with Gasteiger partial charge >= 0.3 is 0 Å². The van der Waals surface area contributed by atoms with Crippen LogP contribution in [0.1, 0.15) is 34.7 Å². The minimum atomic E-state index is -0.354. The number of phenols is 1. The van der Waals surface area contributed by atoms with Gasteiger partial charge in [-0.05, 0) is 35.7 Å². The van der Waals surface area contributed by atoms with Gasteiger partial charge in [0.1, 0.15) is 5.75 Å². The van der Waals surface area contributed by atoms with Crippen LogP contribution in [0.15, 0.2) is 59.0 Å². The largest absolute Gasteiger partial charge is 0.507 e. The van der Waals surface area contributed by atoms with Crippen LogP contribution < -0.4 is 9.47 Å². The van der Waals surface area contributed by atoms with Crippen molar-refractivity contribution in [1.29, 1.82) is 0 Å². The van der Waals surface area contributed by atoms with Crippen LogP contribution in [0.4, 0.5) is 0 Å². The maximum absolute atomic E-state index is 10.3. The smallest absolute Gasteiger partial charge is 0.223 e. The highest BCUT2D eigenvalue weighted by Crippen LogP contribution is 2.51. The van der Waals surface area contributed by atoms with E-state index in [1.165, 1.54) is 0 Å². The molecule has 28 heavy (non-hydrogen) atoms. The van der Waals surface area contributed by atoms with Crippen LogP contribution in [0.25, 0.3) is 0 Å². The van der Waals surface area contributed by atoms with Crippen molar-refractivity contribution >= 4 is 28.6 Å². The molecule has 2 aliphatic rings. The molecule has 1 N–H and O–H groups in total. The highest BCUT2D eigenvalue weighted by atomic mass is 35.5. The number of ether oxygens (including phenoxy) is 2. The number of aromatic hydroxyl groups is 1. The molecule has 0 spiro atoms. The van der Waals surface area contributed by atoms with Gasteiger partial charge in [0, 0.05) is 22.6 Å². The third-order valence-corrected chi connectivity index (χ3v) is 6.19. The molecule has 0 aliphatic carbocycles. The molecular formula is C21H17ClN2O3S. The summed E-state index contributed by atoms with van der Waals surface area (Å²) in [5.74, 6) is 1.62. The molecule has 5 nitrogen and oxygen atoms in total. The second-order valence-corrected chi connectivity index (χ2v) is 8.09. The van der Waals surface area contributed by atoms with Gasteiger partial charge < -0.3 is 14.6 Å². The van der Waals surface area contributed by atoms with Gasteiger partial charge in [-0.1, -0.05) is 29.8 Å². The van der Waals surface area contributed by atoms with Crippen molar-refractivity contribution in [3.05, 3.63) is 74.9 Å². The van der Waals surface area contributed by atoms with Crippen molar-refractivity contribution in [2.24, 2.45) is 5.10 Å². The van der Waals surface area contributed by atoms with Gasteiger partial charge in [-0.3, -0.25) is 0 Å². The Hall–Kier alpha value is -2.70. The van der Waals surface area contributed by atoms with Crippen LogP contribution in [0.2, 0.25) is 5.02 Å². The van der Waals surface area contributed by atoms with Gasteiger partial charge in [-0.25, -0.2) is 5.01 Å². The maximum atomic E-state index is 10.3. The van der Waals surface area contributed by atoms with E-state index in [1.54, 1.807) is 36.6 Å². The molecule has 0 amide bonds. The molecule has 5 rings (SSSR count). The number of fused-ring (bicyclic) bond motifs is 3. The number of benzene rings is 2. The summed E-state index contributed by atoms with van der Waals surface area (Å²) in [6.45, 7) is 0. The molecular weight excluding hydrogens is 396 g/mol. The quantitative estimate of drug-likeness (QED) is 0.629. The number of halogens is 1. The molecule has 0 radical (unpaired) electrons. The number of rotatable bonds is 3. The Morgan fingerprint density at radius 3 is 2.93 bits per heavy atom. The summed E-state index contributed by atoms with van der Waals surface area (Å²) in [6, 6.07) is 14.9. The van der Waals surface area contributed by atoms with E-state index >= 15 is 0 Å². The molecule has 7 heteroatoms. The zero-order valence-corrected chi connectivity index (χ0v) is 16.6. The summed E-state index contributed by atoms with van der Waals surface area (Å²) in [5.41, 5.74) is 2.45. The number of hydrazone groups is 1. The number of methoxy groups -OCH3 is 1. The normalized spacial score (nSPS) is 20.2. The fraction of sp³-hybridized carbons (Fsp3) is 0.190. The summed E-state index contributed by atoms with van der Waals surface area (Å²) in [4.78, 5) is 1.06. The van der Waals surface area contributed by atoms with Gasteiger partial charge in [0.2, 0.25) is 6.23 Å². The van der Waals surface area contributed by atoms with Gasteiger partial charge in [-0.2, -0.15) is 5.10 Å². The lowest BCUT2D eigenvalue weighted by Crippen LogP contribution is -2.33. The average Bonchev–Trinajstić information content (AvgIpc) is 3.39. The van der Waals surface area contributed by atoms with Crippen LogP contribution in [-0.4, -0.2) is 22.9 Å². The highest BCUT2D eigenvalue weighted by molar-refractivity contribution is 7.10. The summed E-state index contributed by atoms with van der Waals surface area (Å²) in [6.07, 6.45) is 0.284. The van der Waals surface area contributed by atoms with E-state index in [9.17, 15) is 5.11 Å². The van der Waals surface area contributed by atoms with E-state index in [1.807, 2.05) is 40.7 Å². The molecule has 2 unspecified atom stereocenters. The number of nitrogens with zero attached hydrogens (tertiary/aromatic N) is 2. The lowest BCUT2D eigenvalue weighted by atomic mass is 9.96. The first-order valence-electron chi connectivity index (χ1n) is 8.87. The molecule has 2 aromatic carbocycles. The number of hydrogen-bond acceptors (Lipinski definition) is 6. The molecule has 0 fully saturated rings. The summed E-state index contributed by atoms with van der Waals surface area (Å²) < 4.78 is 11.9. The lowest BCUT2D eigenvalue weighted by Gasteiger charge is -2.38. The molecule has 3 aromatic rings. The molecule has 0 saturated carbocycles. The van der Waals surface area contributed by atoms with Gasteiger partial charge in [-0.15, -0.1) is 11.3 Å². The van der Waals surface area contributed by atoms with E-state index < -0.39 is 0 Å². The maximum Gasteiger partial charge on any atom is 0.223 e. The Kier molecular flexibility index (Phi) is 4.18. The van der Waals surface area contributed by atoms with Crippen molar-refractivity contribution in [3.8, 4) is 17.2 Å². The second kappa shape index (κ2) is 6.72. The Morgan fingerprint density at radius 2 is 2.14 bits per heavy atom. The van der Waals surface area contributed by atoms with E-state index in [2.05, 4.69) is 0 Å². The molecule has 1 aromatic heterocycles. The van der Waals surface area contributed by atoms with Crippen LogP contribution in [-0.2, 0) is 0 Å². The van der Waals surface area contributed by atoms with Crippen LogP contribution >= 0.6 is 22.9 Å². The van der Waals surface area contributed by atoms with Crippen molar-refractivity contribution in [2.75, 3.05) is 7.11 Å². The van der Waals surface area contributed by atoms with Crippen molar-refractivity contribution in [2.45, 2.75) is 18.7 Å². The number of hydrogen-bond donors (Lipinski definition) is 1. The van der Waals surface area contributed by atoms with Crippen molar-refractivity contribution < 1.29 is 14.6 Å². The van der Waals surface area contributed by atoms with Crippen molar-refractivity contribution in [1.82, 2.24) is 5.01 Å². The van der Waals surface area contributed by atoms with Crippen LogP contribution in [0.3, 0.4) is 0 Å². The predicted octanol–water partition coefficient (Wildman–Crippen LogP) is 5.36. The fourth-order valence-electron chi connectivity index (χ4n) is 3.77. The van der Waals surface area contributed by atoms with Gasteiger partial charge in [0.15, 0.2) is 11.5 Å². The highest BCUT2D eigenvalue weighted by Gasteiger charge is 2.42. The summed E-state index contributed by atoms with van der Waals surface area (Å²) in [7, 11) is 1.64. The van der Waals surface area contributed by atoms with E-state index in [0.29, 0.717) is 22.8 Å². The Labute approximate surface area is 171 Å². The molecule has 142 valence electrons. The second-order valence-electron chi connectivity index (χ2n) is 6.67. The zero-order chi connectivity index (χ0) is 19.3. The number of thiophene rings is 1. The minimum absolute atomic E-state index is 0.0145. The molecule has 0 saturated heterocycles. The molecule has 2 atom stereocenters. The third kappa shape index (κ3) is 2.72. The standard InChI is InChI=1S/C21H17ClN2O3S/c1-26-18-5-2-4-13-16-11-15(14-10-12(22)7-8-17(14)25)23-24(16)21(27-20(13)18)19-6-3-9-28-19/h2-10,16,21,25H,11H2,1H3. The van der Waals surface area contributed by atoms with Crippen LogP contribution in [0, 0.1) is 0 Å². The number of para-hydroxylation sites is 1. The molecule has 2 aliphatic heterocycles.